The minimum absolute atomic E-state index is 0.281. The van der Waals surface area contributed by atoms with Gasteiger partial charge in [0, 0.05) is 18.8 Å². The molecule has 1 unspecified atom stereocenters. The van der Waals surface area contributed by atoms with Gasteiger partial charge >= 0.3 is 6.18 Å². The van der Waals surface area contributed by atoms with E-state index in [2.05, 4.69) is 9.97 Å². The Balaban J connectivity index is 1.57. The molecule has 0 radical (unpaired) electrons. The first kappa shape index (κ1) is 19.0. The third-order valence-corrected chi connectivity index (χ3v) is 5.44. The van der Waals surface area contributed by atoms with E-state index in [9.17, 15) is 18.3 Å². The van der Waals surface area contributed by atoms with Crippen LogP contribution in [0.25, 0.3) is 0 Å². The number of benzene rings is 1. The molecular formula is C18H20F3N3OS. The van der Waals surface area contributed by atoms with Crippen LogP contribution in [0.15, 0.2) is 47.8 Å². The van der Waals surface area contributed by atoms with Crippen LogP contribution in [0, 0.1) is 5.92 Å². The quantitative estimate of drug-likeness (QED) is 0.794. The molecule has 1 aromatic carbocycles. The van der Waals surface area contributed by atoms with Gasteiger partial charge in [-0.25, -0.2) is 4.98 Å². The van der Waals surface area contributed by atoms with Crippen LogP contribution >= 0.6 is 11.8 Å². The minimum Gasteiger partial charge on any atom is -0.383 e. The average Bonchev–Trinajstić information content (AvgIpc) is 2.66. The van der Waals surface area contributed by atoms with E-state index < -0.39 is 18.2 Å². The Morgan fingerprint density at radius 2 is 1.85 bits per heavy atom. The second-order valence-electron chi connectivity index (χ2n) is 6.30. The van der Waals surface area contributed by atoms with Crippen molar-refractivity contribution in [2.24, 2.45) is 5.92 Å². The van der Waals surface area contributed by atoms with Gasteiger partial charge in [0.15, 0.2) is 6.10 Å². The molecule has 1 atom stereocenters. The minimum atomic E-state index is -4.55. The smallest absolute Gasteiger partial charge is 0.383 e. The van der Waals surface area contributed by atoms with Gasteiger partial charge in [0.1, 0.15) is 10.8 Å². The molecule has 0 saturated carbocycles. The zero-order valence-corrected chi connectivity index (χ0v) is 14.9. The predicted octanol–water partition coefficient (Wildman–Crippen LogP) is 3.91. The van der Waals surface area contributed by atoms with Gasteiger partial charge in [0.2, 0.25) is 0 Å². The van der Waals surface area contributed by atoms with Gasteiger partial charge in [-0.15, -0.1) is 11.8 Å². The lowest BCUT2D eigenvalue weighted by Crippen LogP contribution is -2.43. The lowest BCUT2D eigenvalue weighted by atomic mass is 9.91. The van der Waals surface area contributed by atoms with Crippen molar-refractivity contribution in [1.82, 2.24) is 9.97 Å². The second kappa shape index (κ2) is 8.26. The third kappa shape index (κ3) is 4.88. The lowest BCUT2D eigenvalue weighted by molar-refractivity contribution is -0.221. The summed E-state index contributed by atoms with van der Waals surface area (Å²) in [5.41, 5.74) is 1.19. The van der Waals surface area contributed by atoms with Crippen LogP contribution in [0.2, 0.25) is 0 Å². The van der Waals surface area contributed by atoms with E-state index in [1.807, 2.05) is 35.2 Å². The van der Waals surface area contributed by atoms with E-state index in [1.54, 1.807) is 24.2 Å². The van der Waals surface area contributed by atoms with Crippen molar-refractivity contribution in [2.75, 3.05) is 18.0 Å². The summed E-state index contributed by atoms with van der Waals surface area (Å²) in [6.07, 6.45) is -2.91. The molecule has 2 heterocycles. The summed E-state index contributed by atoms with van der Waals surface area (Å²) >= 11 is 1.57. The van der Waals surface area contributed by atoms with Crippen molar-refractivity contribution in [1.29, 1.82) is 0 Å². The van der Waals surface area contributed by atoms with E-state index in [1.165, 1.54) is 5.56 Å². The average molecular weight is 383 g/mol. The maximum absolute atomic E-state index is 12.6. The summed E-state index contributed by atoms with van der Waals surface area (Å²) < 4.78 is 37.9. The fourth-order valence-corrected chi connectivity index (χ4v) is 3.80. The van der Waals surface area contributed by atoms with E-state index in [0.717, 1.165) is 10.8 Å². The normalized spacial score (nSPS) is 17.3. The zero-order chi connectivity index (χ0) is 18.6. The number of anilines is 1. The Hall–Kier alpha value is -1.80. The number of hydrogen-bond acceptors (Lipinski definition) is 5. The number of thioether (sulfide) groups is 1. The molecule has 4 nitrogen and oxygen atoms in total. The van der Waals surface area contributed by atoms with Gasteiger partial charge < -0.3 is 10.0 Å². The second-order valence-corrected chi connectivity index (χ2v) is 7.30. The molecular weight excluding hydrogens is 363 g/mol. The van der Waals surface area contributed by atoms with Crippen molar-refractivity contribution >= 4 is 17.6 Å². The molecule has 3 rings (SSSR count). The predicted molar refractivity (Wildman–Crippen MR) is 95.0 cm³/mol. The third-order valence-electron chi connectivity index (χ3n) is 4.47. The monoisotopic (exact) mass is 383 g/mol. The molecule has 1 aliphatic heterocycles. The number of aromatic nitrogens is 2. The molecule has 0 amide bonds. The van der Waals surface area contributed by atoms with E-state index in [-0.39, 0.29) is 12.8 Å². The van der Waals surface area contributed by atoms with Crippen LogP contribution in [0.1, 0.15) is 18.4 Å². The van der Waals surface area contributed by atoms with Gasteiger partial charge in [-0.2, -0.15) is 13.2 Å². The first-order valence-electron chi connectivity index (χ1n) is 8.42. The molecule has 0 bridgehead atoms. The van der Waals surface area contributed by atoms with Gasteiger partial charge in [0.05, 0.1) is 12.4 Å². The van der Waals surface area contributed by atoms with Gasteiger partial charge in [-0.1, -0.05) is 30.3 Å². The summed E-state index contributed by atoms with van der Waals surface area (Å²) in [4.78, 5) is 10.7. The number of alkyl halides is 3. The van der Waals surface area contributed by atoms with Gasteiger partial charge in [0.25, 0.3) is 0 Å². The molecule has 1 aliphatic rings. The summed E-state index contributed by atoms with van der Waals surface area (Å²) in [5, 5.41) is 10.2. The summed E-state index contributed by atoms with van der Waals surface area (Å²) in [6, 6.07) is 10.0. The number of nitrogens with zero attached hydrogens (tertiary/aromatic N) is 3. The Morgan fingerprint density at radius 3 is 2.50 bits per heavy atom. The molecule has 1 aromatic heterocycles. The molecule has 1 fully saturated rings. The maximum Gasteiger partial charge on any atom is 0.414 e. The lowest BCUT2D eigenvalue weighted by Gasteiger charge is -2.35. The van der Waals surface area contributed by atoms with E-state index in [4.69, 9.17) is 0 Å². The SMILES string of the molecule is OC(C1CCN(c2cncc(SCc3ccccc3)n2)CC1)C(F)(F)F. The van der Waals surface area contributed by atoms with Crippen LogP contribution in [-0.4, -0.2) is 40.4 Å². The Bertz CT molecular complexity index is 706. The molecule has 26 heavy (non-hydrogen) atoms. The standard InChI is InChI=1S/C18H20F3N3OS/c19-18(20,21)17(25)14-6-8-24(9-7-14)15-10-22-11-16(23-15)26-12-13-4-2-1-3-5-13/h1-5,10-11,14,17,25H,6-9,12H2. The first-order chi connectivity index (χ1) is 12.4. The molecule has 140 valence electrons. The number of rotatable bonds is 5. The number of halogens is 3. The first-order valence-corrected chi connectivity index (χ1v) is 9.40. The van der Waals surface area contributed by atoms with Gasteiger partial charge in [-0.05, 0) is 24.3 Å². The van der Waals surface area contributed by atoms with Crippen molar-refractivity contribution in [3.8, 4) is 0 Å². The fraction of sp³-hybridized carbons (Fsp3) is 0.444. The molecule has 0 spiro atoms. The Morgan fingerprint density at radius 1 is 1.15 bits per heavy atom. The Labute approximate surface area is 154 Å². The number of hydrogen-bond donors (Lipinski definition) is 1. The topological polar surface area (TPSA) is 49.2 Å². The van der Waals surface area contributed by atoms with Crippen LogP contribution in [0.5, 0.6) is 0 Å². The Kier molecular flexibility index (Phi) is 6.03. The highest BCUT2D eigenvalue weighted by atomic mass is 32.2. The molecule has 1 saturated heterocycles. The number of piperidine rings is 1. The summed E-state index contributed by atoms with van der Waals surface area (Å²) in [5.74, 6) is 0.691. The van der Waals surface area contributed by atoms with Crippen LogP contribution in [0.3, 0.4) is 0 Å². The van der Waals surface area contributed by atoms with Crippen LogP contribution in [-0.2, 0) is 5.75 Å². The van der Waals surface area contributed by atoms with Gasteiger partial charge in [-0.3, -0.25) is 4.98 Å². The highest BCUT2D eigenvalue weighted by Gasteiger charge is 2.44. The van der Waals surface area contributed by atoms with Crippen molar-refractivity contribution in [3.05, 3.63) is 48.3 Å². The molecule has 2 aromatic rings. The summed E-state index contributed by atoms with van der Waals surface area (Å²) in [6.45, 7) is 0.860. The summed E-state index contributed by atoms with van der Waals surface area (Å²) in [7, 11) is 0. The van der Waals surface area contributed by atoms with E-state index >= 15 is 0 Å². The van der Waals surface area contributed by atoms with Crippen molar-refractivity contribution in [3.63, 3.8) is 0 Å². The highest BCUT2D eigenvalue weighted by molar-refractivity contribution is 7.98. The van der Waals surface area contributed by atoms with E-state index in [0.29, 0.717) is 18.9 Å². The van der Waals surface area contributed by atoms with Crippen molar-refractivity contribution < 1.29 is 18.3 Å². The van der Waals surface area contributed by atoms with Crippen LogP contribution < -0.4 is 4.90 Å². The van der Waals surface area contributed by atoms with Crippen molar-refractivity contribution in [2.45, 2.75) is 35.9 Å². The maximum atomic E-state index is 12.6. The zero-order valence-electron chi connectivity index (χ0n) is 14.1. The largest absolute Gasteiger partial charge is 0.414 e. The molecule has 8 heteroatoms. The fourth-order valence-electron chi connectivity index (χ4n) is 3.00. The number of aliphatic hydroxyl groups excluding tert-OH is 1. The highest BCUT2D eigenvalue weighted by Crippen LogP contribution is 2.32. The van der Waals surface area contributed by atoms with Crippen LogP contribution in [0.4, 0.5) is 19.0 Å². The molecule has 1 N–H and O–H groups in total. The number of aliphatic hydroxyl groups is 1. The molecule has 0 aliphatic carbocycles.